The Kier molecular flexibility index (Phi) is 9.66. The molecule has 1 fully saturated rings. The molecule has 9 nitrogen and oxygen atoms in total. The molecule has 1 saturated heterocycles. The van der Waals surface area contributed by atoms with E-state index in [-0.39, 0.29) is 42.0 Å². The summed E-state index contributed by atoms with van der Waals surface area (Å²) in [6.45, 7) is 6.08. The van der Waals surface area contributed by atoms with E-state index in [1.807, 2.05) is 13.8 Å². The molecule has 0 aliphatic carbocycles. The minimum atomic E-state index is -0.263. The molecule has 0 spiro atoms. The molecule has 10 heteroatoms. The number of guanidine groups is 1. The summed E-state index contributed by atoms with van der Waals surface area (Å²) >= 11 is 0. The van der Waals surface area contributed by atoms with Gasteiger partial charge in [0, 0.05) is 45.1 Å². The first kappa shape index (κ1) is 22.5. The second-order valence-corrected chi connectivity index (χ2v) is 6.33. The van der Waals surface area contributed by atoms with Crippen molar-refractivity contribution in [1.29, 1.82) is 0 Å². The van der Waals surface area contributed by atoms with E-state index < -0.39 is 0 Å². The number of carbonyl (C=O) groups is 1. The van der Waals surface area contributed by atoms with Gasteiger partial charge in [-0.3, -0.25) is 4.99 Å². The Bertz CT molecular complexity index is 584. The highest BCUT2D eigenvalue weighted by molar-refractivity contribution is 14.0. The number of methoxy groups -OCH3 is 1. The Balaban J connectivity index is 0.00000338. The summed E-state index contributed by atoms with van der Waals surface area (Å²) in [4.78, 5) is 21.8. The Morgan fingerprint density at radius 3 is 2.65 bits per heavy atom. The van der Waals surface area contributed by atoms with Crippen molar-refractivity contribution in [1.82, 2.24) is 25.7 Å². The second kappa shape index (κ2) is 11.2. The van der Waals surface area contributed by atoms with Gasteiger partial charge in [-0.1, -0.05) is 19.0 Å². The molecule has 1 aromatic rings. The van der Waals surface area contributed by atoms with E-state index >= 15 is 0 Å². The summed E-state index contributed by atoms with van der Waals surface area (Å²) in [5.41, 5.74) is 0. The molecule has 2 N–H and O–H groups in total. The smallest absolute Gasteiger partial charge is 0.409 e. The lowest BCUT2D eigenvalue weighted by Gasteiger charge is -2.32. The van der Waals surface area contributed by atoms with Gasteiger partial charge in [0.1, 0.15) is 0 Å². The number of aliphatic imine (C=N–C) groups is 1. The minimum Gasteiger partial charge on any atom is -0.453 e. The first-order valence-corrected chi connectivity index (χ1v) is 8.66. The molecular weight excluding hydrogens is 451 g/mol. The van der Waals surface area contributed by atoms with Crippen LogP contribution < -0.4 is 10.6 Å². The number of amides is 1. The summed E-state index contributed by atoms with van der Waals surface area (Å²) in [6, 6.07) is 0.281. The van der Waals surface area contributed by atoms with Gasteiger partial charge in [-0.25, -0.2) is 4.79 Å². The average Bonchev–Trinajstić information content (AvgIpc) is 3.10. The first-order valence-electron chi connectivity index (χ1n) is 8.66. The van der Waals surface area contributed by atoms with Gasteiger partial charge in [-0.15, -0.1) is 24.0 Å². The van der Waals surface area contributed by atoms with Crippen molar-refractivity contribution in [2.45, 2.75) is 45.1 Å². The molecule has 2 rings (SSSR count). The normalized spacial score (nSPS) is 15.6. The van der Waals surface area contributed by atoms with Crippen LogP contribution in [0.15, 0.2) is 9.52 Å². The molecule has 0 bridgehead atoms. The fourth-order valence-corrected chi connectivity index (χ4v) is 2.62. The molecule has 2 heterocycles. The number of halogens is 1. The van der Waals surface area contributed by atoms with Crippen molar-refractivity contribution in [3.8, 4) is 0 Å². The monoisotopic (exact) mass is 480 g/mol. The van der Waals surface area contributed by atoms with Crippen LogP contribution in [0.3, 0.4) is 0 Å². The third-order valence-electron chi connectivity index (χ3n) is 4.12. The number of hydrogen-bond acceptors (Lipinski definition) is 6. The van der Waals surface area contributed by atoms with Gasteiger partial charge in [0.2, 0.25) is 5.89 Å². The number of rotatable bonds is 5. The zero-order valence-corrected chi connectivity index (χ0v) is 18.1. The number of hydrogen-bond donors (Lipinski definition) is 2. The number of likely N-dealkylation sites (tertiary alicyclic amines) is 1. The number of aromatic nitrogens is 2. The largest absolute Gasteiger partial charge is 0.453 e. The number of piperidine rings is 1. The highest BCUT2D eigenvalue weighted by atomic mass is 127. The molecule has 1 aliphatic heterocycles. The second-order valence-electron chi connectivity index (χ2n) is 6.33. The Morgan fingerprint density at radius 1 is 1.42 bits per heavy atom. The van der Waals surface area contributed by atoms with Gasteiger partial charge in [-0.05, 0) is 12.8 Å². The van der Waals surface area contributed by atoms with Gasteiger partial charge in [0.05, 0.1) is 7.11 Å². The third kappa shape index (κ3) is 6.61. The van der Waals surface area contributed by atoms with Crippen LogP contribution in [0, 0.1) is 0 Å². The molecular formula is C16H29IN6O3. The van der Waals surface area contributed by atoms with E-state index in [1.54, 1.807) is 11.9 Å². The lowest BCUT2D eigenvalue weighted by atomic mass is 10.1. The van der Waals surface area contributed by atoms with Gasteiger partial charge >= 0.3 is 6.09 Å². The van der Waals surface area contributed by atoms with E-state index in [0.29, 0.717) is 31.9 Å². The van der Waals surface area contributed by atoms with Crippen molar-refractivity contribution in [2.75, 3.05) is 33.8 Å². The molecule has 1 aliphatic rings. The summed E-state index contributed by atoms with van der Waals surface area (Å²) in [5, 5.41) is 10.6. The van der Waals surface area contributed by atoms with E-state index in [2.05, 4.69) is 25.8 Å². The van der Waals surface area contributed by atoms with Crippen LogP contribution in [0.1, 0.15) is 44.3 Å². The van der Waals surface area contributed by atoms with Crippen molar-refractivity contribution < 1.29 is 14.1 Å². The van der Waals surface area contributed by atoms with Crippen molar-refractivity contribution >= 4 is 36.0 Å². The fourth-order valence-electron chi connectivity index (χ4n) is 2.62. The van der Waals surface area contributed by atoms with E-state index in [1.165, 1.54) is 7.11 Å². The zero-order valence-electron chi connectivity index (χ0n) is 15.8. The lowest BCUT2D eigenvalue weighted by Crippen LogP contribution is -2.50. The summed E-state index contributed by atoms with van der Waals surface area (Å²) < 4.78 is 9.97. The minimum absolute atomic E-state index is 0. The van der Waals surface area contributed by atoms with Gasteiger partial charge in [0.25, 0.3) is 0 Å². The summed E-state index contributed by atoms with van der Waals surface area (Å²) in [6.07, 6.45) is 2.09. The maximum absolute atomic E-state index is 11.5. The molecule has 0 unspecified atom stereocenters. The molecule has 0 saturated carbocycles. The third-order valence-corrected chi connectivity index (χ3v) is 4.12. The Labute approximate surface area is 171 Å². The molecule has 148 valence electrons. The van der Waals surface area contributed by atoms with Crippen LogP contribution in [-0.2, 0) is 11.2 Å². The topological polar surface area (TPSA) is 105 Å². The standard InChI is InChI=1S/C16H28N6O3.HI/c1-11(2)14-20-13(25-21-14)5-8-18-15(17-3)19-12-6-9-22(10-7-12)16(23)24-4;/h11-12H,5-10H2,1-4H3,(H2,17,18,19);1H. The predicted molar refractivity (Wildman–Crippen MR) is 109 cm³/mol. The summed E-state index contributed by atoms with van der Waals surface area (Å²) in [5.74, 6) is 2.35. The van der Waals surface area contributed by atoms with Crippen LogP contribution >= 0.6 is 24.0 Å². The fraction of sp³-hybridized carbons (Fsp3) is 0.750. The van der Waals surface area contributed by atoms with Crippen LogP contribution in [0.2, 0.25) is 0 Å². The quantitative estimate of drug-likeness (QED) is 0.376. The number of nitrogens with zero attached hydrogens (tertiary/aromatic N) is 4. The summed E-state index contributed by atoms with van der Waals surface area (Å²) in [7, 11) is 3.15. The SMILES string of the molecule is CN=C(NCCc1nc(C(C)C)no1)NC1CCN(C(=O)OC)CC1.I. The number of carbonyl (C=O) groups excluding carboxylic acids is 1. The zero-order chi connectivity index (χ0) is 18.2. The molecule has 0 atom stereocenters. The average molecular weight is 480 g/mol. The van der Waals surface area contributed by atoms with Gasteiger partial charge in [-0.2, -0.15) is 4.98 Å². The maximum atomic E-state index is 11.5. The number of ether oxygens (including phenoxy) is 1. The molecule has 1 aromatic heterocycles. The van der Waals surface area contributed by atoms with Crippen LogP contribution in [0.25, 0.3) is 0 Å². The molecule has 1 amide bonds. The van der Waals surface area contributed by atoms with Crippen LogP contribution in [0.4, 0.5) is 4.79 Å². The molecule has 0 radical (unpaired) electrons. The van der Waals surface area contributed by atoms with E-state index in [9.17, 15) is 4.79 Å². The van der Waals surface area contributed by atoms with E-state index in [4.69, 9.17) is 9.26 Å². The lowest BCUT2D eigenvalue weighted by molar-refractivity contribution is 0.111. The van der Waals surface area contributed by atoms with Crippen LogP contribution in [-0.4, -0.2) is 66.9 Å². The van der Waals surface area contributed by atoms with Crippen molar-refractivity contribution in [3.05, 3.63) is 11.7 Å². The van der Waals surface area contributed by atoms with Crippen molar-refractivity contribution in [3.63, 3.8) is 0 Å². The Hall–Kier alpha value is -1.59. The molecule has 0 aromatic carbocycles. The highest BCUT2D eigenvalue weighted by Crippen LogP contribution is 2.11. The van der Waals surface area contributed by atoms with Crippen LogP contribution in [0.5, 0.6) is 0 Å². The van der Waals surface area contributed by atoms with E-state index in [0.717, 1.165) is 24.6 Å². The predicted octanol–water partition coefficient (Wildman–Crippen LogP) is 1.75. The first-order chi connectivity index (χ1) is 12.0. The maximum Gasteiger partial charge on any atom is 0.409 e. The number of nitrogens with one attached hydrogen (secondary N) is 2. The van der Waals surface area contributed by atoms with Gasteiger partial charge < -0.3 is 24.8 Å². The van der Waals surface area contributed by atoms with Gasteiger partial charge in [0.15, 0.2) is 11.8 Å². The van der Waals surface area contributed by atoms with Crippen molar-refractivity contribution in [2.24, 2.45) is 4.99 Å². The molecule has 26 heavy (non-hydrogen) atoms. The highest BCUT2D eigenvalue weighted by Gasteiger charge is 2.23. The Morgan fingerprint density at radius 2 is 2.12 bits per heavy atom.